The maximum atomic E-state index is 13.3. The molecule has 1 rings (SSSR count). The third-order valence-corrected chi connectivity index (χ3v) is 2.07. The first-order valence-electron chi connectivity index (χ1n) is 4.17. The first-order chi connectivity index (χ1) is 7.02. The molecule has 0 aliphatic rings. The second-order valence-electron chi connectivity index (χ2n) is 2.90. The Balaban J connectivity index is 3.51. The van der Waals surface area contributed by atoms with Crippen molar-refractivity contribution in [2.24, 2.45) is 0 Å². The van der Waals surface area contributed by atoms with E-state index in [2.05, 4.69) is 0 Å². The molecule has 0 radical (unpaired) electrons. The fourth-order valence-electron chi connectivity index (χ4n) is 1.40. The van der Waals surface area contributed by atoms with Crippen LogP contribution in [0.15, 0.2) is 6.07 Å². The van der Waals surface area contributed by atoms with Crippen LogP contribution in [0.5, 0.6) is 11.5 Å². The quantitative estimate of drug-likeness (QED) is 0.834. The van der Waals surface area contributed by atoms with E-state index >= 15 is 0 Å². The summed E-state index contributed by atoms with van der Waals surface area (Å²) < 4.78 is 23.2. The van der Waals surface area contributed by atoms with Crippen LogP contribution < -0.4 is 9.47 Å². The van der Waals surface area contributed by atoms with E-state index in [1.807, 2.05) is 0 Å². The van der Waals surface area contributed by atoms with E-state index in [9.17, 15) is 9.18 Å². The smallest absolute Gasteiger partial charge is 0.339 e. The monoisotopic (exact) mass is 214 g/mol. The molecular formula is C10H11FO4. The molecule has 0 atom stereocenters. The molecule has 4 nitrogen and oxygen atoms in total. The number of carboxylic acid groups (broad SMARTS) is 1. The fourth-order valence-corrected chi connectivity index (χ4v) is 1.40. The molecule has 15 heavy (non-hydrogen) atoms. The highest BCUT2D eigenvalue weighted by molar-refractivity contribution is 5.91. The van der Waals surface area contributed by atoms with E-state index in [0.717, 1.165) is 6.07 Å². The first kappa shape index (κ1) is 11.3. The van der Waals surface area contributed by atoms with E-state index < -0.39 is 17.3 Å². The summed E-state index contributed by atoms with van der Waals surface area (Å²) in [6.45, 7) is 1.47. The van der Waals surface area contributed by atoms with Gasteiger partial charge in [-0.15, -0.1) is 0 Å². The van der Waals surface area contributed by atoms with Crippen LogP contribution in [-0.2, 0) is 0 Å². The van der Waals surface area contributed by atoms with Crippen LogP contribution >= 0.6 is 0 Å². The van der Waals surface area contributed by atoms with Crippen LogP contribution in [0.4, 0.5) is 4.39 Å². The molecule has 1 aromatic rings. The van der Waals surface area contributed by atoms with Gasteiger partial charge in [0.15, 0.2) is 11.5 Å². The number of carboxylic acids is 1. The van der Waals surface area contributed by atoms with E-state index in [0.29, 0.717) is 0 Å². The van der Waals surface area contributed by atoms with Crippen molar-refractivity contribution in [3.8, 4) is 11.5 Å². The average Bonchev–Trinajstić information content (AvgIpc) is 2.16. The van der Waals surface area contributed by atoms with Gasteiger partial charge in [0, 0.05) is 11.6 Å². The Morgan fingerprint density at radius 1 is 1.40 bits per heavy atom. The lowest BCUT2D eigenvalue weighted by atomic mass is 10.1. The van der Waals surface area contributed by atoms with Gasteiger partial charge in [0.25, 0.3) is 0 Å². The molecule has 1 aromatic carbocycles. The van der Waals surface area contributed by atoms with Crippen molar-refractivity contribution in [3.63, 3.8) is 0 Å². The predicted molar refractivity (Wildman–Crippen MR) is 51.2 cm³/mol. The summed E-state index contributed by atoms with van der Waals surface area (Å²) in [6.07, 6.45) is 0. The highest BCUT2D eigenvalue weighted by Crippen LogP contribution is 2.34. The van der Waals surface area contributed by atoms with Gasteiger partial charge in [-0.05, 0) is 6.92 Å². The average molecular weight is 214 g/mol. The zero-order valence-electron chi connectivity index (χ0n) is 8.63. The van der Waals surface area contributed by atoms with Crippen LogP contribution in [0.2, 0.25) is 0 Å². The molecule has 82 valence electrons. The molecule has 0 spiro atoms. The Kier molecular flexibility index (Phi) is 3.14. The number of ether oxygens (including phenoxy) is 2. The predicted octanol–water partition coefficient (Wildman–Crippen LogP) is 1.85. The molecule has 0 bridgehead atoms. The zero-order chi connectivity index (χ0) is 11.6. The number of halogens is 1. The molecule has 0 saturated carbocycles. The Hall–Kier alpha value is -1.78. The summed E-state index contributed by atoms with van der Waals surface area (Å²) in [5.41, 5.74) is -0.186. The van der Waals surface area contributed by atoms with Crippen molar-refractivity contribution in [3.05, 3.63) is 23.0 Å². The topological polar surface area (TPSA) is 55.8 Å². The molecule has 0 aromatic heterocycles. The Morgan fingerprint density at radius 2 is 2.00 bits per heavy atom. The van der Waals surface area contributed by atoms with Gasteiger partial charge in [-0.3, -0.25) is 0 Å². The lowest BCUT2D eigenvalue weighted by molar-refractivity contribution is 0.0690. The fraction of sp³-hybridized carbons (Fsp3) is 0.300. The summed E-state index contributed by atoms with van der Waals surface area (Å²) in [7, 11) is 2.73. The molecule has 0 aliphatic heterocycles. The van der Waals surface area contributed by atoms with Crippen molar-refractivity contribution >= 4 is 5.97 Å². The van der Waals surface area contributed by atoms with Gasteiger partial charge in [-0.1, -0.05) is 0 Å². The normalized spacial score (nSPS) is 9.87. The van der Waals surface area contributed by atoms with Gasteiger partial charge in [0.2, 0.25) is 0 Å². The number of rotatable bonds is 3. The van der Waals surface area contributed by atoms with Gasteiger partial charge < -0.3 is 14.6 Å². The summed E-state index contributed by atoms with van der Waals surface area (Å²) in [6, 6.07) is 0.995. The van der Waals surface area contributed by atoms with E-state index in [1.54, 1.807) is 0 Å². The van der Waals surface area contributed by atoms with Gasteiger partial charge in [-0.25, -0.2) is 9.18 Å². The minimum absolute atomic E-state index is 0.178. The summed E-state index contributed by atoms with van der Waals surface area (Å²) in [5.74, 6) is -1.75. The van der Waals surface area contributed by atoms with Crippen molar-refractivity contribution in [1.82, 2.24) is 0 Å². The summed E-state index contributed by atoms with van der Waals surface area (Å²) in [4.78, 5) is 10.8. The largest absolute Gasteiger partial charge is 0.493 e. The molecule has 0 fully saturated rings. The number of aromatic carboxylic acids is 1. The van der Waals surface area contributed by atoms with Gasteiger partial charge in [0.05, 0.1) is 14.2 Å². The number of hydrogen-bond donors (Lipinski definition) is 1. The highest BCUT2D eigenvalue weighted by atomic mass is 19.1. The van der Waals surface area contributed by atoms with Crippen LogP contribution in [0, 0.1) is 12.7 Å². The maximum absolute atomic E-state index is 13.3. The van der Waals surface area contributed by atoms with Gasteiger partial charge in [-0.2, -0.15) is 0 Å². The van der Waals surface area contributed by atoms with Crippen molar-refractivity contribution in [2.75, 3.05) is 14.2 Å². The molecular weight excluding hydrogens is 203 g/mol. The maximum Gasteiger partial charge on any atom is 0.339 e. The highest BCUT2D eigenvalue weighted by Gasteiger charge is 2.21. The van der Waals surface area contributed by atoms with Gasteiger partial charge >= 0.3 is 5.97 Å². The molecule has 5 heteroatoms. The van der Waals surface area contributed by atoms with Crippen LogP contribution in [0.1, 0.15) is 15.9 Å². The zero-order valence-corrected chi connectivity index (χ0v) is 8.63. The Morgan fingerprint density at radius 3 is 2.40 bits per heavy atom. The first-order valence-corrected chi connectivity index (χ1v) is 4.17. The third-order valence-electron chi connectivity index (χ3n) is 2.07. The van der Waals surface area contributed by atoms with E-state index in [-0.39, 0.29) is 17.1 Å². The van der Waals surface area contributed by atoms with Crippen molar-refractivity contribution < 1.29 is 23.8 Å². The lowest BCUT2D eigenvalue weighted by Crippen LogP contribution is -2.06. The van der Waals surface area contributed by atoms with Crippen molar-refractivity contribution in [2.45, 2.75) is 6.92 Å². The molecule has 1 N–H and O–H groups in total. The SMILES string of the molecule is COc1cc(F)c(C(=O)O)c(C)c1OC. The standard InChI is InChI=1S/C10H11FO4/c1-5-8(10(12)13)6(11)4-7(14-2)9(5)15-3/h4H,1-3H3,(H,12,13). The lowest BCUT2D eigenvalue weighted by Gasteiger charge is -2.12. The summed E-state index contributed by atoms with van der Waals surface area (Å²) >= 11 is 0. The van der Waals surface area contributed by atoms with Crippen molar-refractivity contribution in [1.29, 1.82) is 0 Å². The second kappa shape index (κ2) is 4.16. The molecule has 0 heterocycles. The third kappa shape index (κ3) is 1.86. The molecule has 0 saturated heterocycles. The number of carbonyl (C=O) groups is 1. The minimum atomic E-state index is -1.33. The van der Waals surface area contributed by atoms with E-state index in [1.165, 1.54) is 21.1 Å². The van der Waals surface area contributed by atoms with Crippen LogP contribution in [-0.4, -0.2) is 25.3 Å². The van der Waals surface area contributed by atoms with Gasteiger partial charge in [0.1, 0.15) is 11.4 Å². The van der Waals surface area contributed by atoms with Crippen LogP contribution in [0.3, 0.4) is 0 Å². The molecule has 0 aliphatic carbocycles. The number of hydrogen-bond acceptors (Lipinski definition) is 3. The second-order valence-corrected chi connectivity index (χ2v) is 2.90. The van der Waals surface area contributed by atoms with Crippen LogP contribution in [0.25, 0.3) is 0 Å². The number of methoxy groups -OCH3 is 2. The Labute approximate surface area is 86.2 Å². The summed E-state index contributed by atoms with van der Waals surface area (Å²) in [5, 5.41) is 8.79. The number of benzene rings is 1. The Bertz CT molecular complexity index is 401. The molecule has 0 amide bonds. The van der Waals surface area contributed by atoms with E-state index in [4.69, 9.17) is 14.6 Å². The minimum Gasteiger partial charge on any atom is -0.493 e. The molecule has 0 unspecified atom stereocenters.